The molecule has 0 aliphatic heterocycles. The Kier molecular flexibility index (Phi) is 4.18. The molecule has 1 aliphatic carbocycles. The van der Waals surface area contributed by atoms with Crippen LogP contribution < -0.4 is 0 Å². The number of Topliss-reactive ketones (excluding diaryl/α,β-unsaturated/α-hetero) is 1. The van der Waals surface area contributed by atoms with Gasteiger partial charge in [0.2, 0.25) is 0 Å². The molecule has 5 rings (SSSR count). The van der Waals surface area contributed by atoms with Gasteiger partial charge in [-0.1, -0.05) is 54.1 Å². The Labute approximate surface area is 173 Å². The molecule has 0 saturated heterocycles. The molecule has 0 radical (unpaired) electrons. The number of aromatic nitrogens is 1. The number of halogens is 1. The van der Waals surface area contributed by atoms with Gasteiger partial charge in [0.1, 0.15) is 0 Å². The minimum Gasteiger partial charge on any atom is -0.350 e. The molecule has 0 unspecified atom stereocenters. The van der Waals surface area contributed by atoms with Gasteiger partial charge in [-0.15, -0.1) is 0 Å². The van der Waals surface area contributed by atoms with E-state index in [9.17, 15) is 4.79 Å². The number of rotatable bonds is 2. The van der Waals surface area contributed by atoms with Crippen molar-refractivity contribution in [3.8, 4) is 0 Å². The van der Waals surface area contributed by atoms with E-state index in [1.807, 2.05) is 80.0 Å². The maximum Gasteiger partial charge on any atom is 0.194 e. The average Bonchev–Trinajstić information content (AvgIpc) is 3.08. The zero-order valence-electron chi connectivity index (χ0n) is 15.8. The van der Waals surface area contributed by atoms with Crippen molar-refractivity contribution < 1.29 is 4.79 Å². The number of aryl methyl sites for hydroxylation is 1. The summed E-state index contributed by atoms with van der Waals surface area (Å²) in [5.41, 5.74) is 5.75. The van der Waals surface area contributed by atoms with E-state index >= 15 is 0 Å². The molecular weight excluding hydrogens is 380 g/mol. The molecule has 4 heteroatoms. The van der Waals surface area contributed by atoms with E-state index in [1.165, 1.54) is 0 Å². The Morgan fingerprint density at radius 2 is 1.52 bits per heavy atom. The summed E-state index contributed by atoms with van der Waals surface area (Å²) in [6.07, 6.45) is 3.92. The first-order valence-corrected chi connectivity index (χ1v) is 9.74. The van der Waals surface area contributed by atoms with Crippen molar-refractivity contribution >= 4 is 45.3 Å². The van der Waals surface area contributed by atoms with Gasteiger partial charge >= 0.3 is 0 Å². The van der Waals surface area contributed by atoms with E-state index in [0.717, 1.165) is 33.4 Å². The number of nitrogens with zero attached hydrogens (tertiary/aromatic N) is 2. The molecule has 0 saturated carbocycles. The Bertz CT molecular complexity index is 1330. The molecule has 3 nitrogen and oxygen atoms in total. The molecule has 0 atom stereocenters. The molecule has 3 aromatic carbocycles. The number of para-hydroxylation sites is 1. The second kappa shape index (κ2) is 6.87. The van der Waals surface area contributed by atoms with Crippen LogP contribution in [0.2, 0.25) is 5.02 Å². The highest BCUT2D eigenvalue weighted by molar-refractivity contribution is 6.40. The summed E-state index contributed by atoms with van der Waals surface area (Å²) in [6, 6.07) is 23.1. The summed E-state index contributed by atoms with van der Waals surface area (Å²) < 4.78 is 2.05. The maximum absolute atomic E-state index is 13.4. The van der Waals surface area contributed by atoms with Crippen LogP contribution in [0.15, 0.2) is 90.1 Å². The monoisotopic (exact) mass is 396 g/mol. The second-order valence-corrected chi connectivity index (χ2v) is 7.51. The smallest absolute Gasteiger partial charge is 0.194 e. The van der Waals surface area contributed by atoms with E-state index in [2.05, 4.69) is 16.7 Å². The van der Waals surface area contributed by atoms with Gasteiger partial charge in [0.05, 0.1) is 11.4 Å². The van der Waals surface area contributed by atoms with Crippen LogP contribution in [0.5, 0.6) is 0 Å². The first-order chi connectivity index (χ1) is 14.1. The molecule has 0 fully saturated rings. The number of benzene rings is 3. The summed E-state index contributed by atoms with van der Waals surface area (Å²) >= 11 is 6.01. The fourth-order valence-electron chi connectivity index (χ4n) is 3.83. The van der Waals surface area contributed by atoms with Gasteiger partial charge in [-0.25, -0.2) is 4.99 Å². The maximum atomic E-state index is 13.4. The summed E-state index contributed by atoms with van der Waals surface area (Å²) in [4.78, 5) is 18.2. The van der Waals surface area contributed by atoms with Crippen LogP contribution in [0.4, 0.5) is 5.69 Å². The third kappa shape index (κ3) is 3.00. The van der Waals surface area contributed by atoms with Gasteiger partial charge in [0.15, 0.2) is 5.78 Å². The lowest BCUT2D eigenvalue weighted by molar-refractivity contribution is 0.105. The predicted molar refractivity (Wildman–Crippen MR) is 119 cm³/mol. The number of hydrogen-bond acceptors (Lipinski definition) is 2. The molecule has 140 valence electrons. The van der Waals surface area contributed by atoms with Crippen LogP contribution in [0.1, 0.15) is 21.5 Å². The topological polar surface area (TPSA) is 34.4 Å². The normalized spacial score (nSPS) is 14.9. The lowest BCUT2D eigenvalue weighted by Crippen LogP contribution is -2.16. The molecule has 1 aromatic heterocycles. The molecule has 0 N–H and O–H groups in total. The lowest BCUT2D eigenvalue weighted by atomic mass is 9.85. The molecule has 0 spiro atoms. The van der Waals surface area contributed by atoms with Gasteiger partial charge in [0, 0.05) is 51.4 Å². The number of allylic oxidation sites excluding steroid dienone is 2. The average molecular weight is 397 g/mol. The molecule has 1 aliphatic rings. The van der Waals surface area contributed by atoms with Gasteiger partial charge < -0.3 is 4.57 Å². The Hall–Kier alpha value is -3.43. The SMILES string of the molecule is Cn1cc(C2=CC(=Nc3ccc(Cl)cc3)c3ccccc3C2=O)c2ccccc21. The van der Waals surface area contributed by atoms with Crippen LogP contribution in [-0.2, 0) is 7.05 Å². The number of fused-ring (bicyclic) bond motifs is 2. The number of hydrogen-bond donors (Lipinski definition) is 0. The van der Waals surface area contributed by atoms with Crippen LogP contribution in [0, 0.1) is 0 Å². The largest absolute Gasteiger partial charge is 0.350 e. The van der Waals surface area contributed by atoms with E-state index < -0.39 is 0 Å². The Morgan fingerprint density at radius 1 is 0.828 bits per heavy atom. The van der Waals surface area contributed by atoms with E-state index in [4.69, 9.17) is 16.6 Å². The number of aliphatic imine (C=N–C) groups is 1. The summed E-state index contributed by atoms with van der Waals surface area (Å²) in [7, 11) is 2.00. The summed E-state index contributed by atoms with van der Waals surface area (Å²) in [5, 5.41) is 1.72. The van der Waals surface area contributed by atoms with Crippen molar-refractivity contribution in [2.24, 2.45) is 12.0 Å². The highest BCUT2D eigenvalue weighted by Crippen LogP contribution is 2.34. The number of ketones is 1. The van der Waals surface area contributed by atoms with Gasteiger partial charge in [0.25, 0.3) is 0 Å². The van der Waals surface area contributed by atoms with Crippen molar-refractivity contribution in [2.45, 2.75) is 0 Å². The zero-order chi connectivity index (χ0) is 20.0. The third-order valence-corrected chi connectivity index (χ3v) is 5.49. The van der Waals surface area contributed by atoms with Crippen LogP contribution in [0.25, 0.3) is 16.5 Å². The lowest BCUT2D eigenvalue weighted by Gasteiger charge is -2.17. The quantitative estimate of drug-likeness (QED) is 0.395. The summed E-state index contributed by atoms with van der Waals surface area (Å²) in [6.45, 7) is 0. The first kappa shape index (κ1) is 17.7. The zero-order valence-corrected chi connectivity index (χ0v) is 16.5. The van der Waals surface area contributed by atoms with Crippen LogP contribution in [0.3, 0.4) is 0 Å². The fourth-order valence-corrected chi connectivity index (χ4v) is 3.96. The highest BCUT2D eigenvalue weighted by Gasteiger charge is 2.26. The first-order valence-electron chi connectivity index (χ1n) is 9.36. The van der Waals surface area contributed by atoms with Crippen molar-refractivity contribution in [2.75, 3.05) is 0 Å². The van der Waals surface area contributed by atoms with Crippen molar-refractivity contribution in [3.63, 3.8) is 0 Å². The Balaban J connectivity index is 1.74. The predicted octanol–water partition coefficient (Wildman–Crippen LogP) is 6.23. The molecule has 1 heterocycles. The molecule has 29 heavy (non-hydrogen) atoms. The highest BCUT2D eigenvalue weighted by atomic mass is 35.5. The molecule has 0 amide bonds. The van der Waals surface area contributed by atoms with E-state index in [-0.39, 0.29) is 5.78 Å². The second-order valence-electron chi connectivity index (χ2n) is 7.08. The number of carbonyl (C=O) groups excluding carboxylic acids is 1. The van der Waals surface area contributed by atoms with Crippen LogP contribution >= 0.6 is 11.6 Å². The van der Waals surface area contributed by atoms with Crippen molar-refractivity contribution in [1.29, 1.82) is 0 Å². The molecular formula is C25H17ClN2O. The van der Waals surface area contributed by atoms with Gasteiger partial charge in [-0.3, -0.25) is 4.79 Å². The van der Waals surface area contributed by atoms with Crippen LogP contribution in [-0.4, -0.2) is 16.1 Å². The fraction of sp³-hybridized carbons (Fsp3) is 0.0400. The number of carbonyl (C=O) groups is 1. The van der Waals surface area contributed by atoms with Crippen molar-refractivity contribution in [1.82, 2.24) is 4.57 Å². The van der Waals surface area contributed by atoms with Gasteiger partial charge in [-0.05, 0) is 36.4 Å². The van der Waals surface area contributed by atoms with Crippen molar-refractivity contribution in [3.05, 3.63) is 107 Å². The summed E-state index contributed by atoms with van der Waals surface area (Å²) in [5.74, 6) is 0.0204. The standard InChI is InChI=1S/C25H17ClN2O/c1-28-15-22(19-7-4-5-9-24(19)28)21-14-23(27-17-12-10-16(26)11-13-17)18-6-2-3-8-20(18)25(21)29/h2-15H,1H3. The minimum atomic E-state index is 0.0204. The van der Waals surface area contributed by atoms with E-state index in [0.29, 0.717) is 16.2 Å². The minimum absolute atomic E-state index is 0.0204. The molecule has 0 bridgehead atoms. The van der Waals surface area contributed by atoms with Gasteiger partial charge in [-0.2, -0.15) is 0 Å². The Morgan fingerprint density at radius 3 is 2.31 bits per heavy atom. The van der Waals surface area contributed by atoms with E-state index in [1.54, 1.807) is 0 Å². The third-order valence-electron chi connectivity index (χ3n) is 5.24. The molecule has 4 aromatic rings.